The molecule has 0 unspecified atom stereocenters. The number of aryl methyl sites for hydroxylation is 1. The third kappa shape index (κ3) is 2.46. The second-order valence-corrected chi connectivity index (χ2v) is 4.65. The van der Waals surface area contributed by atoms with Crippen molar-refractivity contribution in [1.29, 1.82) is 0 Å². The first-order valence-corrected chi connectivity index (χ1v) is 6.73. The summed E-state index contributed by atoms with van der Waals surface area (Å²) in [5.41, 5.74) is 5.46. The van der Waals surface area contributed by atoms with Gasteiger partial charge in [0.1, 0.15) is 0 Å². The number of imidazole rings is 1. The van der Waals surface area contributed by atoms with Gasteiger partial charge in [0.15, 0.2) is 11.2 Å². The van der Waals surface area contributed by atoms with Crippen molar-refractivity contribution in [3.8, 4) is 0 Å². The number of aromatic amines is 1. The number of hydrogen-bond donors (Lipinski definition) is 3. The number of hydrogen-bond acceptors (Lipinski definition) is 5. The third-order valence-corrected chi connectivity index (χ3v) is 3.10. The maximum Gasteiger partial charge on any atom is 0.332 e. The molecule has 8 nitrogen and oxygen atoms in total. The number of nitrogens with one attached hydrogen (secondary N) is 2. The minimum atomic E-state index is -0.364. The highest BCUT2D eigenvalue weighted by atomic mass is 16.2. The first-order valence-electron chi connectivity index (χ1n) is 6.73. The molecule has 2 aromatic heterocycles. The molecule has 2 aromatic rings. The van der Waals surface area contributed by atoms with E-state index in [4.69, 9.17) is 5.73 Å². The number of fused-ring (bicyclic) bond motifs is 1. The summed E-state index contributed by atoms with van der Waals surface area (Å²) in [4.78, 5) is 31.4. The first kappa shape index (κ1) is 14.3. The van der Waals surface area contributed by atoms with Gasteiger partial charge in [-0.2, -0.15) is 4.98 Å². The summed E-state index contributed by atoms with van der Waals surface area (Å²) >= 11 is 0. The van der Waals surface area contributed by atoms with Gasteiger partial charge >= 0.3 is 5.69 Å². The van der Waals surface area contributed by atoms with Crippen LogP contribution in [0.4, 0.5) is 5.95 Å². The Labute approximate surface area is 115 Å². The van der Waals surface area contributed by atoms with Crippen LogP contribution in [-0.2, 0) is 13.6 Å². The Morgan fingerprint density at radius 3 is 2.80 bits per heavy atom. The van der Waals surface area contributed by atoms with E-state index in [9.17, 15) is 9.59 Å². The fourth-order valence-corrected chi connectivity index (χ4v) is 2.05. The number of aromatic nitrogens is 4. The average molecular weight is 280 g/mol. The molecule has 4 N–H and O–H groups in total. The van der Waals surface area contributed by atoms with Crippen molar-refractivity contribution in [3.05, 3.63) is 20.8 Å². The summed E-state index contributed by atoms with van der Waals surface area (Å²) in [5.74, 6) is 0.487. The Morgan fingerprint density at radius 2 is 2.15 bits per heavy atom. The molecule has 0 aliphatic rings. The second-order valence-electron chi connectivity index (χ2n) is 4.65. The Morgan fingerprint density at radius 1 is 1.40 bits per heavy atom. The van der Waals surface area contributed by atoms with Crippen molar-refractivity contribution in [3.63, 3.8) is 0 Å². The van der Waals surface area contributed by atoms with Crippen molar-refractivity contribution in [1.82, 2.24) is 19.1 Å². The lowest BCUT2D eigenvalue weighted by Crippen LogP contribution is -2.38. The third-order valence-electron chi connectivity index (χ3n) is 3.10. The van der Waals surface area contributed by atoms with Crippen molar-refractivity contribution in [2.24, 2.45) is 12.8 Å². The smallest absolute Gasteiger partial charge is 0.332 e. The number of anilines is 1. The van der Waals surface area contributed by atoms with Crippen LogP contribution in [0.15, 0.2) is 9.59 Å². The van der Waals surface area contributed by atoms with Crippen LogP contribution in [0.2, 0.25) is 0 Å². The first-order chi connectivity index (χ1) is 9.60. The van der Waals surface area contributed by atoms with Crippen LogP contribution in [0.1, 0.15) is 19.8 Å². The maximum absolute atomic E-state index is 12.1. The number of H-pyrrole nitrogens is 1. The van der Waals surface area contributed by atoms with E-state index in [1.54, 1.807) is 0 Å². The van der Waals surface area contributed by atoms with Gasteiger partial charge in [-0.15, -0.1) is 0 Å². The van der Waals surface area contributed by atoms with Gasteiger partial charge in [0.2, 0.25) is 5.95 Å². The number of nitrogens with zero attached hydrogens (tertiary/aromatic N) is 3. The molecule has 0 saturated carbocycles. The van der Waals surface area contributed by atoms with Gasteiger partial charge in [-0.05, 0) is 19.4 Å². The van der Waals surface area contributed by atoms with Crippen LogP contribution in [0, 0.1) is 0 Å². The van der Waals surface area contributed by atoms with E-state index in [-0.39, 0.29) is 11.2 Å². The highest BCUT2D eigenvalue weighted by molar-refractivity contribution is 5.72. The van der Waals surface area contributed by atoms with Crippen LogP contribution >= 0.6 is 0 Å². The Kier molecular flexibility index (Phi) is 4.23. The molecule has 0 bridgehead atoms. The zero-order valence-corrected chi connectivity index (χ0v) is 11.8. The SMILES string of the molecule is CCCn1c(=O)n(C)c(=O)c2[nH]c(NCCCN)nc21. The molecule has 0 amide bonds. The van der Waals surface area contributed by atoms with Crippen molar-refractivity contribution in [2.45, 2.75) is 26.3 Å². The predicted octanol–water partition coefficient (Wildman–Crippen LogP) is -0.406. The molecule has 0 aliphatic carbocycles. The fourth-order valence-electron chi connectivity index (χ4n) is 2.05. The lowest BCUT2D eigenvalue weighted by Gasteiger charge is -2.06. The molecule has 0 radical (unpaired) electrons. The van der Waals surface area contributed by atoms with Gasteiger partial charge < -0.3 is 16.0 Å². The molecule has 0 aliphatic heterocycles. The Hall–Kier alpha value is -2.09. The summed E-state index contributed by atoms with van der Waals surface area (Å²) < 4.78 is 2.61. The van der Waals surface area contributed by atoms with Crippen molar-refractivity contribution < 1.29 is 0 Å². The molecule has 20 heavy (non-hydrogen) atoms. The van der Waals surface area contributed by atoms with Crippen molar-refractivity contribution >= 4 is 17.1 Å². The zero-order valence-electron chi connectivity index (χ0n) is 11.8. The zero-order chi connectivity index (χ0) is 14.7. The molecular weight excluding hydrogens is 260 g/mol. The van der Waals surface area contributed by atoms with E-state index in [2.05, 4.69) is 15.3 Å². The normalized spacial score (nSPS) is 11.2. The minimum Gasteiger partial charge on any atom is -0.356 e. The largest absolute Gasteiger partial charge is 0.356 e. The fraction of sp³-hybridized carbons (Fsp3) is 0.583. The maximum atomic E-state index is 12.1. The molecule has 0 spiro atoms. The van der Waals surface area contributed by atoms with Crippen LogP contribution in [0.3, 0.4) is 0 Å². The Bertz CT molecular complexity index is 711. The summed E-state index contributed by atoms with van der Waals surface area (Å²) in [5, 5.41) is 3.06. The molecule has 2 rings (SSSR count). The van der Waals surface area contributed by atoms with Gasteiger partial charge in [0.05, 0.1) is 0 Å². The summed E-state index contributed by atoms with van der Waals surface area (Å²) in [7, 11) is 1.47. The highest BCUT2D eigenvalue weighted by Crippen LogP contribution is 2.09. The lowest BCUT2D eigenvalue weighted by atomic mass is 10.4. The molecule has 0 fully saturated rings. The summed E-state index contributed by atoms with van der Waals surface area (Å²) in [6, 6.07) is 0. The van der Waals surface area contributed by atoms with Crippen LogP contribution in [0.25, 0.3) is 11.2 Å². The molecule has 8 heteroatoms. The van der Waals surface area contributed by atoms with E-state index < -0.39 is 0 Å². The van der Waals surface area contributed by atoms with Crippen molar-refractivity contribution in [2.75, 3.05) is 18.4 Å². The van der Waals surface area contributed by atoms with Crippen LogP contribution in [0.5, 0.6) is 0 Å². The molecule has 0 saturated heterocycles. The van der Waals surface area contributed by atoms with E-state index in [0.717, 1.165) is 17.4 Å². The summed E-state index contributed by atoms with van der Waals surface area (Å²) in [6.45, 7) is 3.73. The van der Waals surface area contributed by atoms with E-state index >= 15 is 0 Å². The number of rotatable bonds is 6. The number of nitrogens with two attached hydrogens (primary N) is 1. The second kappa shape index (κ2) is 5.91. The van der Waals surface area contributed by atoms with Gasteiger partial charge in [-0.25, -0.2) is 4.79 Å². The molecule has 2 heterocycles. The van der Waals surface area contributed by atoms with E-state index in [1.807, 2.05) is 6.92 Å². The highest BCUT2D eigenvalue weighted by Gasteiger charge is 2.14. The van der Waals surface area contributed by atoms with E-state index in [0.29, 0.717) is 36.7 Å². The lowest BCUT2D eigenvalue weighted by molar-refractivity contribution is 0.611. The summed E-state index contributed by atoms with van der Waals surface area (Å²) in [6.07, 6.45) is 1.59. The van der Waals surface area contributed by atoms with Crippen LogP contribution in [-0.4, -0.2) is 32.2 Å². The molecule has 0 atom stereocenters. The standard InChI is InChI=1S/C12H20N6O2/c1-3-7-18-9-8(10(19)17(2)12(18)20)15-11(16-9)14-6-4-5-13/h3-7,13H2,1-2H3,(H2,14,15,16). The van der Waals surface area contributed by atoms with Gasteiger partial charge in [0.25, 0.3) is 5.56 Å². The van der Waals surface area contributed by atoms with Gasteiger partial charge in [0, 0.05) is 20.1 Å². The topological polar surface area (TPSA) is 111 Å². The quantitative estimate of drug-likeness (QED) is 0.623. The van der Waals surface area contributed by atoms with E-state index in [1.165, 1.54) is 11.6 Å². The molecule has 0 aromatic carbocycles. The average Bonchev–Trinajstić information content (AvgIpc) is 2.85. The van der Waals surface area contributed by atoms with Crippen LogP contribution < -0.4 is 22.3 Å². The van der Waals surface area contributed by atoms with Gasteiger partial charge in [-0.1, -0.05) is 6.92 Å². The molecular formula is C12H20N6O2. The predicted molar refractivity (Wildman–Crippen MR) is 78.0 cm³/mol. The Balaban J connectivity index is 2.54. The minimum absolute atomic E-state index is 0.343. The monoisotopic (exact) mass is 280 g/mol. The van der Waals surface area contributed by atoms with Gasteiger partial charge in [-0.3, -0.25) is 13.9 Å². The molecule has 110 valence electrons.